The van der Waals surface area contributed by atoms with Crippen LogP contribution in [0.1, 0.15) is 45.2 Å². The van der Waals surface area contributed by atoms with Crippen LogP contribution >= 0.6 is 11.3 Å². The van der Waals surface area contributed by atoms with E-state index in [-0.39, 0.29) is 23.7 Å². The monoisotopic (exact) mass is 788 g/mol. The van der Waals surface area contributed by atoms with Gasteiger partial charge in [-0.1, -0.05) is 157 Å². The fourth-order valence-electron chi connectivity index (χ4n) is 6.39. The van der Waals surface area contributed by atoms with Crippen LogP contribution in [0.4, 0.5) is 10.8 Å². The summed E-state index contributed by atoms with van der Waals surface area (Å²) in [6.45, 7) is -0.791. The highest BCUT2D eigenvalue weighted by molar-refractivity contribution is 7.14. The molecule has 12 heteroatoms. The number of nitro groups is 1. The van der Waals surface area contributed by atoms with Crippen LogP contribution in [0.2, 0.25) is 0 Å². The Labute approximate surface area is 338 Å². The minimum absolute atomic E-state index is 0.0831. The number of esters is 2. The fourth-order valence-corrected chi connectivity index (χ4v) is 7.14. The highest BCUT2D eigenvalue weighted by Gasteiger charge is 2.37. The smallest absolute Gasteiger partial charge is 0.363 e. The van der Waals surface area contributed by atoms with Gasteiger partial charge in [-0.2, -0.15) is 0 Å². The summed E-state index contributed by atoms with van der Waals surface area (Å²) in [5, 5.41) is 21.0. The number of aromatic nitrogens is 1. The van der Waals surface area contributed by atoms with E-state index in [4.69, 9.17) is 19.3 Å². The van der Waals surface area contributed by atoms with E-state index in [0.717, 1.165) is 27.8 Å². The zero-order valence-corrected chi connectivity index (χ0v) is 31.7. The third-order valence-electron chi connectivity index (χ3n) is 9.17. The maximum atomic E-state index is 14.3. The van der Waals surface area contributed by atoms with Gasteiger partial charge in [0.2, 0.25) is 12.3 Å². The van der Waals surface area contributed by atoms with Gasteiger partial charge in [0.25, 0.3) is 5.69 Å². The second-order valence-electron chi connectivity index (χ2n) is 12.9. The number of nitrogens with zero attached hydrogens (tertiary/aromatic N) is 3. The Morgan fingerprint density at radius 2 is 1.19 bits per heavy atom. The number of carbonyl (C=O) groups excluding carboxylic acids is 2. The first-order valence-electron chi connectivity index (χ1n) is 18.2. The van der Waals surface area contributed by atoms with Gasteiger partial charge in [0.1, 0.15) is 17.8 Å². The Kier molecular flexibility index (Phi) is 12.4. The predicted octanol–water partition coefficient (Wildman–Crippen LogP) is 9.25. The van der Waals surface area contributed by atoms with Crippen LogP contribution in [-0.2, 0) is 36.0 Å². The quantitative estimate of drug-likeness (QED) is 0.0333. The van der Waals surface area contributed by atoms with Crippen molar-refractivity contribution in [1.82, 2.24) is 4.98 Å². The average Bonchev–Trinajstić information content (AvgIpc) is 3.74. The number of carbonyl (C=O) groups is 2. The van der Waals surface area contributed by atoms with Crippen molar-refractivity contribution in [2.75, 3.05) is 11.9 Å². The molecule has 0 radical (unpaired) electrons. The standard InChI is InChI=1S/C46H36N4O7S/c51-41(55-30-33-26-28-39(29-27-33)50(53)54)31-56-49-42(44(52)57-43(34-16-6-1-7-17-34)35-18-8-2-9-19-35)40-32-58-45(47-40)48-46(36-20-10-3-11-21-36,37-22-12-4-13-23-37)38-24-14-5-15-25-38/h1-29,32,43H,30-31H2,(H,47,48)/b49-42-. The van der Waals surface area contributed by atoms with Crippen molar-refractivity contribution in [2.24, 2.45) is 5.16 Å². The van der Waals surface area contributed by atoms with Crippen molar-refractivity contribution in [2.45, 2.75) is 18.2 Å². The molecule has 1 aromatic heterocycles. The number of nitro benzene ring substituents is 1. The molecule has 58 heavy (non-hydrogen) atoms. The number of hydrogen-bond acceptors (Lipinski definition) is 11. The van der Waals surface area contributed by atoms with Crippen molar-refractivity contribution >= 4 is 39.8 Å². The van der Waals surface area contributed by atoms with E-state index in [1.807, 2.05) is 152 Å². The van der Waals surface area contributed by atoms with Crippen LogP contribution in [0.25, 0.3) is 0 Å². The van der Waals surface area contributed by atoms with Gasteiger partial charge in [0, 0.05) is 17.5 Å². The Hall–Kier alpha value is -7.44. The maximum absolute atomic E-state index is 14.3. The molecule has 0 fully saturated rings. The first kappa shape index (κ1) is 38.8. The zero-order valence-electron chi connectivity index (χ0n) is 30.9. The number of non-ortho nitro benzene ring substituents is 1. The van der Waals surface area contributed by atoms with Crippen LogP contribution in [-0.4, -0.2) is 34.2 Å². The van der Waals surface area contributed by atoms with E-state index >= 15 is 0 Å². The third-order valence-corrected chi connectivity index (χ3v) is 9.93. The average molecular weight is 789 g/mol. The lowest BCUT2D eigenvalue weighted by Crippen LogP contribution is -2.38. The van der Waals surface area contributed by atoms with Crippen molar-refractivity contribution in [3.05, 3.63) is 230 Å². The third kappa shape index (κ3) is 9.15. The van der Waals surface area contributed by atoms with E-state index in [0.29, 0.717) is 10.7 Å². The summed E-state index contributed by atoms with van der Waals surface area (Å²) in [5.74, 6) is -1.62. The molecule has 0 aliphatic carbocycles. The first-order chi connectivity index (χ1) is 28.4. The fraction of sp³-hybridized carbons (Fsp3) is 0.0870. The molecule has 1 N–H and O–H groups in total. The van der Waals surface area contributed by atoms with E-state index in [1.165, 1.54) is 35.6 Å². The number of ether oxygens (including phenoxy) is 2. The number of rotatable bonds is 16. The number of anilines is 1. The Morgan fingerprint density at radius 3 is 1.67 bits per heavy atom. The molecule has 7 rings (SSSR count). The lowest BCUT2D eigenvalue weighted by atomic mass is 9.77. The highest BCUT2D eigenvalue weighted by atomic mass is 32.1. The van der Waals surface area contributed by atoms with Gasteiger partial charge in [-0.15, -0.1) is 11.3 Å². The molecule has 0 aliphatic heterocycles. The minimum Gasteiger partial charge on any atom is -0.458 e. The van der Waals surface area contributed by atoms with Crippen LogP contribution in [0.3, 0.4) is 0 Å². The molecular weight excluding hydrogens is 753 g/mol. The molecule has 288 valence electrons. The molecule has 0 bridgehead atoms. The second kappa shape index (κ2) is 18.5. The maximum Gasteiger partial charge on any atom is 0.363 e. The molecule has 0 saturated carbocycles. The predicted molar refractivity (Wildman–Crippen MR) is 221 cm³/mol. The normalized spacial score (nSPS) is 11.4. The van der Waals surface area contributed by atoms with Crippen LogP contribution in [0.15, 0.2) is 186 Å². The molecule has 0 unspecified atom stereocenters. The van der Waals surface area contributed by atoms with E-state index in [9.17, 15) is 19.7 Å². The van der Waals surface area contributed by atoms with Crippen LogP contribution in [0, 0.1) is 10.1 Å². The van der Waals surface area contributed by atoms with E-state index < -0.39 is 35.1 Å². The summed E-state index contributed by atoms with van der Waals surface area (Å²) in [4.78, 5) is 47.8. The van der Waals surface area contributed by atoms with Gasteiger partial charge < -0.3 is 19.6 Å². The van der Waals surface area contributed by atoms with Gasteiger partial charge in [-0.25, -0.2) is 14.6 Å². The highest BCUT2D eigenvalue weighted by Crippen LogP contribution is 2.40. The summed E-state index contributed by atoms with van der Waals surface area (Å²) in [5.41, 5.74) is 3.79. The molecule has 0 aliphatic rings. The Morgan fingerprint density at radius 1 is 0.707 bits per heavy atom. The van der Waals surface area contributed by atoms with Crippen LogP contribution in [0.5, 0.6) is 0 Å². The van der Waals surface area contributed by atoms with Gasteiger partial charge in [0.05, 0.1) is 4.92 Å². The summed E-state index contributed by atoms with van der Waals surface area (Å²) in [6, 6.07) is 54.3. The van der Waals surface area contributed by atoms with Crippen molar-refractivity contribution < 1.29 is 28.8 Å². The summed E-state index contributed by atoms with van der Waals surface area (Å²) < 4.78 is 11.5. The van der Waals surface area contributed by atoms with Crippen LogP contribution < -0.4 is 5.32 Å². The summed E-state index contributed by atoms with van der Waals surface area (Å²) in [6.07, 6.45) is -0.801. The topological polar surface area (TPSA) is 142 Å². The first-order valence-corrected chi connectivity index (χ1v) is 19.1. The summed E-state index contributed by atoms with van der Waals surface area (Å²) in [7, 11) is 0. The van der Waals surface area contributed by atoms with Crippen molar-refractivity contribution in [1.29, 1.82) is 0 Å². The van der Waals surface area contributed by atoms with Crippen molar-refractivity contribution in [3.8, 4) is 0 Å². The zero-order chi connectivity index (χ0) is 40.2. The number of hydrogen-bond donors (Lipinski definition) is 1. The van der Waals surface area contributed by atoms with E-state index in [2.05, 4.69) is 10.5 Å². The molecule has 1 heterocycles. The molecule has 7 aromatic rings. The largest absolute Gasteiger partial charge is 0.458 e. The molecule has 6 aromatic carbocycles. The number of oxime groups is 1. The van der Waals surface area contributed by atoms with Gasteiger partial charge in [-0.3, -0.25) is 10.1 Å². The minimum atomic E-state index is -0.896. The van der Waals surface area contributed by atoms with Gasteiger partial charge >= 0.3 is 11.9 Å². The lowest BCUT2D eigenvalue weighted by Gasteiger charge is -2.36. The molecule has 11 nitrogen and oxygen atoms in total. The van der Waals surface area contributed by atoms with E-state index in [1.54, 1.807) is 5.38 Å². The second-order valence-corrected chi connectivity index (χ2v) is 13.8. The number of nitrogens with one attached hydrogen (secondary N) is 1. The molecule has 0 atom stereocenters. The van der Waals surface area contributed by atoms with Gasteiger partial charge in [0.15, 0.2) is 11.2 Å². The summed E-state index contributed by atoms with van der Waals surface area (Å²) >= 11 is 1.27. The van der Waals surface area contributed by atoms with Crippen molar-refractivity contribution in [3.63, 3.8) is 0 Å². The number of thiazole rings is 1. The SMILES string of the molecule is O=C(CO/N=C(\C(=O)OC(c1ccccc1)c1ccccc1)c1csc(NC(c2ccccc2)(c2ccccc2)c2ccccc2)n1)OCc1ccc([N+](=O)[O-])cc1. The lowest BCUT2D eigenvalue weighted by molar-refractivity contribution is -0.384. The molecule has 0 amide bonds. The number of benzene rings is 6. The molecule has 0 saturated heterocycles. The van der Waals surface area contributed by atoms with Gasteiger partial charge in [-0.05, 0) is 45.5 Å². The molecule has 0 spiro atoms. The Balaban J connectivity index is 1.21. The Bertz CT molecular complexity index is 2330. The molecular formula is C46H36N4O7S.